The van der Waals surface area contributed by atoms with Crippen molar-refractivity contribution in [1.29, 1.82) is 0 Å². The summed E-state index contributed by atoms with van der Waals surface area (Å²) in [5.74, 6) is -0.745. The Bertz CT molecular complexity index is 303. The second-order valence-electron chi connectivity index (χ2n) is 6.27. The molecule has 0 heterocycles. The smallest absolute Gasteiger partial charge is 0.303 e. The van der Waals surface area contributed by atoms with Crippen LogP contribution in [0.25, 0.3) is 0 Å². The molecule has 0 aromatic heterocycles. The van der Waals surface area contributed by atoms with Crippen LogP contribution >= 0.6 is 0 Å². The standard InChI is InChI=1S/C10H22O7.C5H10.C3H6O2/c11-1-9(2-12,3-13)7-17-8-10(4-14,5-15)6-16;1-3-5-4-2;1-2-3(4)5/h11-16H,1-8H2;3H,1,4-5H2,2H3;2H2,1H3,(H,4,5). The van der Waals surface area contributed by atoms with E-state index >= 15 is 0 Å². The quantitative estimate of drug-likeness (QED) is 0.200. The van der Waals surface area contributed by atoms with Crippen molar-refractivity contribution in [2.75, 3.05) is 52.9 Å². The third kappa shape index (κ3) is 15.7. The number of aliphatic hydroxyl groups excluding tert-OH is 6. The summed E-state index contributed by atoms with van der Waals surface area (Å²) in [5.41, 5.74) is -2.32. The summed E-state index contributed by atoms with van der Waals surface area (Å²) in [6.45, 7) is 4.29. The van der Waals surface area contributed by atoms with Crippen molar-refractivity contribution in [3.8, 4) is 0 Å². The Kier molecular flexibility index (Phi) is 22.3. The van der Waals surface area contributed by atoms with Crippen LogP contribution in [0.3, 0.4) is 0 Å². The normalized spacial score (nSPS) is 11.0. The molecule has 27 heavy (non-hydrogen) atoms. The van der Waals surface area contributed by atoms with Crippen molar-refractivity contribution in [1.82, 2.24) is 0 Å². The Morgan fingerprint density at radius 2 is 1.15 bits per heavy atom. The second kappa shape index (κ2) is 19.7. The van der Waals surface area contributed by atoms with E-state index in [0.717, 1.165) is 6.42 Å². The maximum absolute atomic E-state index is 9.37. The molecule has 0 aromatic carbocycles. The Balaban J connectivity index is -0.000000471. The van der Waals surface area contributed by atoms with Gasteiger partial charge >= 0.3 is 5.97 Å². The number of aliphatic carboxylic acids is 1. The highest BCUT2D eigenvalue weighted by atomic mass is 16.5. The van der Waals surface area contributed by atoms with E-state index in [0.29, 0.717) is 0 Å². The Hall–Kier alpha value is -1.07. The predicted octanol–water partition coefficient (Wildman–Crippen LogP) is -0.617. The first kappa shape index (κ1) is 30.7. The Morgan fingerprint density at radius 1 is 0.852 bits per heavy atom. The van der Waals surface area contributed by atoms with Gasteiger partial charge in [-0.15, -0.1) is 6.58 Å². The van der Waals surface area contributed by atoms with E-state index in [4.69, 9.17) is 40.5 Å². The number of unbranched alkanes of at least 4 members (excludes halogenated alkanes) is 1. The molecular weight excluding hydrogens is 360 g/mol. The summed E-state index contributed by atoms with van der Waals surface area (Å²) in [5, 5.41) is 61.9. The average Bonchev–Trinajstić information content (AvgIpc) is 2.71. The van der Waals surface area contributed by atoms with Gasteiger partial charge < -0.3 is 40.5 Å². The van der Waals surface area contributed by atoms with Gasteiger partial charge in [0.1, 0.15) is 0 Å². The third-order valence-corrected chi connectivity index (χ3v) is 3.62. The molecule has 164 valence electrons. The topological polar surface area (TPSA) is 168 Å². The molecule has 0 saturated carbocycles. The van der Waals surface area contributed by atoms with E-state index in [9.17, 15) is 4.79 Å². The van der Waals surface area contributed by atoms with Crippen LogP contribution in [0.5, 0.6) is 0 Å². The molecule has 7 N–H and O–H groups in total. The maximum Gasteiger partial charge on any atom is 0.303 e. The lowest BCUT2D eigenvalue weighted by atomic mass is 9.91. The molecule has 0 amide bonds. The van der Waals surface area contributed by atoms with Gasteiger partial charge in [-0.2, -0.15) is 0 Å². The maximum atomic E-state index is 9.37. The Morgan fingerprint density at radius 3 is 1.26 bits per heavy atom. The highest BCUT2D eigenvalue weighted by molar-refractivity contribution is 5.66. The summed E-state index contributed by atoms with van der Waals surface area (Å²) in [7, 11) is 0. The zero-order valence-electron chi connectivity index (χ0n) is 16.5. The first-order valence-corrected chi connectivity index (χ1v) is 8.82. The van der Waals surface area contributed by atoms with Crippen LogP contribution in [-0.2, 0) is 9.53 Å². The lowest BCUT2D eigenvalue weighted by Crippen LogP contribution is -2.43. The predicted molar refractivity (Wildman–Crippen MR) is 101 cm³/mol. The second-order valence-corrected chi connectivity index (χ2v) is 6.27. The summed E-state index contributed by atoms with van der Waals surface area (Å²) in [6, 6.07) is 0. The molecular formula is C18H38O9. The summed E-state index contributed by atoms with van der Waals surface area (Å²) >= 11 is 0. The number of hydrogen-bond donors (Lipinski definition) is 7. The highest BCUT2D eigenvalue weighted by Crippen LogP contribution is 2.19. The number of carbonyl (C=O) groups is 1. The fourth-order valence-electron chi connectivity index (χ4n) is 1.26. The molecule has 0 aliphatic rings. The lowest BCUT2D eigenvalue weighted by Gasteiger charge is -2.31. The minimum Gasteiger partial charge on any atom is -0.481 e. The Labute approximate surface area is 161 Å². The van der Waals surface area contributed by atoms with Crippen LogP contribution in [0.1, 0.15) is 33.1 Å². The molecule has 9 nitrogen and oxygen atoms in total. The summed E-state index contributed by atoms with van der Waals surface area (Å²) < 4.78 is 5.15. The van der Waals surface area contributed by atoms with Gasteiger partial charge in [-0.25, -0.2) is 0 Å². The van der Waals surface area contributed by atoms with E-state index in [1.807, 2.05) is 6.08 Å². The van der Waals surface area contributed by atoms with Crippen molar-refractivity contribution < 1.29 is 45.3 Å². The van der Waals surface area contributed by atoms with Gasteiger partial charge in [0, 0.05) is 6.42 Å². The van der Waals surface area contributed by atoms with E-state index in [2.05, 4.69) is 13.5 Å². The van der Waals surface area contributed by atoms with Crippen LogP contribution in [0.2, 0.25) is 0 Å². The molecule has 9 heteroatoms. The monoisotopic (exact) mass is 398 g/mol. The zero-order valence-corrected chi connectivity index (χ0v) is 16.5. The molecule has 0 unspecified atom stereocenters. The van der Waals surface area contributed by atoms with Gasteiger partial charge in [0.2, 0.25) is 0 Å². The van der Waals surface area contributed by atoms with Crippen molar-refractivity contribution in [3.63, 3.8) is 0 Å². The van der Waals surface area contributed by atoms with Crippen molar-refractivity contribution in [3.05, 3.63) is 12.7 Å². The van der Waals surface area contributed by atoms with Crippen LogP contribution in [-0.4, -0.2) is 94.6 Å². The molecule has 0 bridgehead atoms. The average molecular weight is 398 g/mol. The van der Waals surface area contributed by atoms with Crippen LogP contribution in [0.15, 0.2) is 12.7 Å². The van der Waals surface area contributed by atoms with Crippen LogP contribution in [0.4, 0.5) is 0 Å². The van der Waals surface area contributed by atoms with Crippen molar-refractivity contribution >= 4 is 5.97 Å². The SMILES string of the molecule is C=CCCC.CCC(=O)O.OCC(CO)(CO)COCC(CO)(CO)CO. The van der Waals surface area contributed by atoms with Gasteiger partial charge in [0.25, 0.3) is 0 Å². The number of carboxylic acid groups (broad SMARTS) is 1. The number of allylic oxidation sites excluding steroid dienone is 1. The van der Waals surface area contributed by atoms with E-state index in [1.165, 1.54) is 6.42 Å². The fraction of sp³-hybridized carbons (Fsp3) is 0.833. The fourth-order valence-corrected chi connectivity index (χ4v) is 1.26. The minimum absolute atomic E-state index is 0.141. The first-order valence-electron chi connectivity index (χ1n) is 8.82. The number of hydrogen-bond acceptors (Lipinski definition) is 8. The molecule has 0 aromatic rings. The number of rotatable bonds is 13. The number of ether oxygens (including phenoxy) is 1. The largest absolute Gasteiger partial charge is 0.481 e. The van der Waals surface area contributed by atoms with Crippen LogP contribution < -0.4 is 0 Å². The van der Waals surface area contributed by atoms with Crippen LogP contribution in [0, 0.1) is 10.8 Å². The van der Waals surface area contributed by atoms with E-state index in [1.54, 1.807) is 6.92 Å². The zero-order chi connectivity index (χ0) is 21.8. The van der Waals surface area contributed by atoms with Gasteiger partial charge in [-0.05, 0) is 6.42 Å². The summed E-state index contributed by atoms with van der Waals surface area (Å²) in [4.78, 5) is 9.37. The molecule has 0 aliphatic heterocycles. The van der Waals surface area contributed by atoms with Gasteiger partial charge in [0.15, 0.2) is 0 Å². The first-order chi connectivity index (χ1) is 12.8. The molecule has 0 rings (SSSR count). The number of carboxylic acids is 1. The van der Waals surface area contributed by atoms with E-state index in [-0.39, 0.29) is 19.6 Å². The molecule has 0 fully saturated rings. The molecule has 0 radical (unpaired) electrons. The third-order valence-electron chi connectivity index (χ3n) is 3.62. The lowest BCUT2D eigenvalue weighted by molar-refractivity contribution is -0.136. The van der Waals surface area contributed by atoms with E-state index < -0.39 is 56.4 Å². The molecule has 0 aliphatic carbocycles. The van der Waals surface area contributed by atoms with Crippen molar-refractivity contribution in [2.24, 2.45) is 10.8 Å². The minimum atomic E-state index is -1.16. The van der Waals surface area contributed by atoms with Gasteiger partial charge in [-0.3, -0.25) is 4.79 Å². The molecule has 0 spiro atoms. The number of aliphatic hydroxyl groups is 6. The molecule has 0 saturated heterocycles. The molecule has 0 atom stereocenters. The highest BCUT2D eigenvalue weighted by Gasteiger charge is 2.32. The summed E-state index contributed by atoms with van der Waals surface area (Å²) in [6.07, 6.45) is 4.53. The van der Waals surface area contributed by atoms with Crippen molar-refractivity contribution in [2.45, 2.75) is 33.1 Å². The van der Waals surface area contributed by atoms with Gasteiger partial charge in [0.05, 0.1) is 63.7 Å². The van der Waals surface area contributed by atoms with Gasteiger partial charge in [-0.1, -0.05) is 26.3 Å².